The molecule has 1 amide bonds. The third kappa shape index (κ3) is 3.43. The highest BCUT2D eigenvalue weighted by atomic mass is 16.2. The van der Waals surface area contributed by atoms with Gasteiger partial charge in [0.05, 0.1) is 5.69 Å². The highest BCUT2D eigenvalue weighted by Gasteiger charge is 2.21. The van der Waals surface area contributed by atoms with Crippen LogP contribution in [0.15, 0.2) is 24.3 Å². The second-order valence-corrected chi connectivity index (χ2v) is 7.33. The van der Waals surface area contributed by atoms with E-state index >= 15 is 0 Å². The van der Waals surface area contributed by atoms with Crippen molar-refractivity contribution in [3.63, 3.8) is 0 Å². The molecule has 3 aromatic rings. The minimum absolute atomic E-state index is 0.0643. The zero-order valence-electron chi connectivity index (χ0n) is 16.7. The molecule has 146 valence electrons. The molecule has 0 spiro atoms. The summed E-state index contributed by atoms with van der Waals surface area (Å²) in [5.74, 6) is 1.39. The average Bonchev–Trinajstić information content (AvgIpc) is 2.97. The largest absolute Gasteiger partial charge is 0.338 e. The monoisotopic (exact) mass is 379 g/mol. The van der Waals surface area contributed by atoms with Crippen LogP contribution in [0.3, 0.4) is 0 Å². The van der Waals surface area contributed by atoms with Crippen molar-refractivity contribution in [2.24, 2.45) is 7.05 Å². The molecule has 1 aliphatic heterocycles. The third-order valence-corrected chi connectivity index (χ3v) is 5.24. The SMILES string of the molecule is Cc1nc(Nc2cccc(C(=O)N3CCN(C)CC3)c2)c2nn(C)c(C)c2n1. The molecular weight excluding hydrogens is 354 g/mol. The molecule has 0 atom stereocenters. The number of benzene rings is 1. The molecule has 4 rings (SSSR count). The van der Waals surface area contributed by atoms with Crippen LogP contribution >= 0.6 is 0 Å². The highest BCUT2D eigenvalue weighted by molar-refractivity contribution is 5.96. The molecule has 2 aromatic heterocycles. The van der Waals surface area contributed by atoms with Gasteiger partial charge in [0.1, 0.15) is 11.3 Å². The van der Waals surface area contributed by atoms with Crippen LogP contribution < -0.4 is 5.32 Å². The molecule has 28 heavy (non-hydrogen) atoms. The molecule has 1 saturated heterocycles. The van der Waals surface area contributed by atoms with Crippen LogP contribution in [0, 0.1) is 13.8 Å². The summed E-state index contributed by atoms with van der Waals surface area (Å²) in [5.41, 5.74) is 4.03. The van der Waals surface area contributed by atoms with Crippen molar-refractivity contribution in [2.45, 2.75) is 13.8 Å². The standard InChI is InChI=1S/C20H25N7O/c1-13-17-18(24-26(13)4)19(22-14(2)21-17)23-16-7-5-6-15(12-16)20(28)27-10-8-25(3)9-11-27/h5-7,12H,8-11H2,1-4H3,(H,21,22,23). The highest BCUT2D eigenvalue weighted by Crippen LogP contribution is 2.25. The van der Waals surface area contributed by atoms with Gasteiger partial charge in [0.15, 0.2) is 11.3 Å². The van der Waals surface area contributed by atoms with Crippen molar-refractivity contribution in [1.29, 1.82) is 0 Å². The average molecular weight is 379 g/mol. The second-order valence-electron chi connectivity index (χ2n) is 7.33. The van der Waals surface area contributed by atoms with Gasteiger partial charge in [-0.3, -0.25) is 9.48 Å². The lowest BCUT2D eigenvalue weighted by Gasteiger charge is -2.32. The maximum atomic E-state index is 12.9. The van der Waals surface area contributed by atoms with Crippen molar-refractivity contribution < 1.29 is 4.79 Å². The number of aryl methyl sites for hydroxylation is 3. The molecule has 1 aliphatic rings. The molecule has 3 heterocycles. The van der Waals surface area contributed by atoms with Gasteiger partial charge in [0.25, 0.3) is 5.91 Å². The fourth-order valence-corrected chi connectivity index (χ4v) is 3.44. The lowest BCUT2D eigenvalue weighted by atomic mass is 10.1. The van der Waals surface area contributed by atoms with Gasteiger partial charge in [0, 0.05) is 44.5 Å². The number of hydrogen-bond donors (Lipinski definition) is 1. The number of amides is 1. The van der Waals surface area contributed by atoms with Gasteiger partial charge in [-0.15, -0.1) is 0 Å². The number of anilines is 2. The molecule has 1 N–H and O–H groups in total. The van der Waals surface area contributed by atoms with Gasteiger partial charge in [-0.1, -0.05) is 6.07 Å². The van der Waals surface area contributed by atoms with Crippen molar-refractivity contribution in [3.05, 3.63) is 41.3 Å². The Morgan fingerprint density at radius 1 is 1.04 bits per heavy atom. The molecule has 0 aliphatic carbocycles. The Bertz CT molecular complexity index is 1030. The number of fused-ring (bicyclic) bond motifs is 1. The topological polar surface area (TPSA) is 79.2 Å². The van der Waals surface area contributed by atoms with E-state index in [1.807, 2.05) is 50.1 Å². The van der Waals surface area contributed by atoms with Gasteiger partial charge in [-0.2, -0.15) is 5.10 Å². The van der Waals surface area contributed by atoms with E-state index in [0.717, 1.165) is 48.6 Å². The number of piperazine rings is 1. The van der Waals surface area contributed by atoms with Gasteiger partial charge in [-0.25, -0.2) is 9.97 Å². The second kappa shape index (κ2) is 7.20. The summed E-state index contributed by atoms with van der Waals surface area (Å²) in [6, 6.07) is 7.55. The number of carbonyl (C=O) groups is 1. The zero-order valence-corrected chi connectivity index (χ0v) is 16.7. The summed E-state index contributed by atoms with van der Waals surface area (Å²) in [7, 11) is 3.97. The molecule has 0 bridgehead atoms. The number of carbonyl (C=O) groups excluding carboxylic acids is 1. The maximum Gasteiger partial charge on any atom is 0.254 e. The molecule has 8 nitrogen and oxygen atoms in total. The van der Waals surface area contributed by atoms with E-state index in [1.54, 1.807) is 4.68 Å². The van der Waals surface area contributed by atoms with E-state index in [-0.39, 0.29) is 5.91 Å². The van der Waals surface area contributed by atoms with Crippen LogP contribution in [0.4, 0.5) is 11.5 Å². The van der Waals surface area contributed by atoms with E-state index in [9.17, 15) is 4.79 Å². The Hall–Kier alpha value is -3.00. The Balaban J connectivity index is 1.61. The fourth-order valence-electron chi connectivity index (χ4n) is 3.44. The number of hydrogen-bond acceptors (Lipinski definition) is 6. The van der Waals surface area contributed by atoms with Crippen LogP contribution in [0.25, 0.3) is 11.0 Å². The van der Waals surface area contributed by atoms with Crippen LogP contribution in [-0.4, -0.2) is 68.7 Å². The van der Waals surface area contributed by atoms with Crippen LogP contribution in [0.5, 0.6) is 0 Å². The van der Waals surface area contributed by atoms with Gasteiger partial charge < -0.3 is 15.1 Å². The first-order valence-electron chi connectivity index (χ1n) is 9.45. The van der Waals surface area contributed by atoms with Crippen molar-refractivity contribution in [1.82, 2.24) is 29.5 Å². The first-order valence-corrected chi connectivity index (χ1v) is 9.45. The van der Waals surface area contributed by atoms with Crippen LogP contribution in [-0.2, 0) is 7.05 Å². The summed E-state index contributed by atoms with van der Waals surface area (Å²) in [4.78, 5) is 26.0. The summed E-state index contributed by atoms with van der Waals surface area (Å²) in [5, 5.41) is 7.86. The molecule has 0 unspecified atom stereocenters. The van der Waals surface area contributed by atoms with Gasteiger partial charge in [-0.05, 0) is 39.1 Å². The fraction of sp³-hybridized carbons (Fsp3) is 0.400. The lowest BCUT2D eigenvalue weighted by molar-refractivity contribution is 0.0664. The summed E-state index contributed by atoms with van der Waals surface area (Å²) >= 11 is 0. The summed E-state index contributed by atoms with van der Waals surface area (Å²) in [6.45, 7) is 7.17. The minimum Gasteiger partial charge on any atom is -0.338 e. The van der Waals surface area contributed by atoms with E-state index in [4.69, 9.17) is 0 Å². The Labute approximate surface area is 164 Å². The van der Waals surface area contributed by atoms with Gasteiger partial charge in [0.2, 0.25) is 0 Å². The van der Waals surface area contributed by atoms with E-state index in [0.29, 0.717) is 17.2 Å². The molecule has 1 fully saturated rings. The Morgan fingerprint density at radius 3 is 2.54 bits per heavy atom. The normalized spacial score (nSPS) is 15.2. The first-order chi connectivity index (χ1) is 13.4. The number of likely N-dealkylation sites (N-methyl/N-ethyl adjacent to an activating group) is 1. The summed E-state index contributed by atoms with van der Waals surface area (Å²) in [6.07, 6.45) is 0. The van der Waals surface area contributed by atoms with Crippen molar-refractivity contribution in [3.8, 4) is 0 Å². The molecule has 0 saturated carbocycles. The molecular formula is C20H25N7O. The summed E-state index contributed by atoms with van der Waals surface area (Å²) < 4.78 is 1.80. The van der Waals surface area contributed by atoms with Crippen LogP contribution in [0.2, 0.25) is 0 Å². The Kier molecular flexibility index (Phi) is 4.72. The maximum absolute atomic E-state index is 12.9. The van der Waals surface area contributed by atoms with Gasteiger partial charge >= 0.3 is 0 Å². The molecule has 8 heteroatoms. The Morgan fingerprint density at radius 2 is 1.79 bits per heavy atom. The van der Waals surface area contributed by atoms with Crippen molar-refractivity contribution in [2.75, 3.05) is 38.5 Å². The number of aromatic nitrogens is 4. The first kappa shape index (κ1) is 18.4. The molecule has 0 radical (unpaired) electrons. The smallest absolute Gasteiger partial charge is 0.254 e. The van der Waals surface area contributed by atoms with Crippen molar-refractivity contribution >= 4 is 28.4 Å². The third-order valence-electron chi connectivity index (χ3n) is 5.24. The number of rotatable bonds is 3. The number of nitrogens with one attached hydrogen (secondary N) is 1. The predicted molar refractivity (Wildman–Crippen MR) is 109 cm³/mol. The molecule has 1 aromatic carbocycles. The van der Waals surface area contributed by atoms with Crippen LogP contribution in [0.1, 0.15) is 21.9 Å². The number of nitrogens with zero attached hydrogens (tertiary/aromatic N) is 6. The predicted octanol–water partition coefficient (Wildman–Crippen LogP) is 2.11. The van der Waals surface area contributed by atoms with E-state index in [2.05, 4.69) is 32.3 Å². The lowest BCUT2D eigenvalue weighted by Crippen LogP contribution is -2.47. The minimum atomic E-state index is 0.0643. The quantitative estimate of drug-likeness (QED) is 0.751. The zero-order chi connectivity index (χ0) is 19.8. The van der Waals surface area contributed by atoms with E-state index < -0.39 is 0 Å². The van der Waals surface area contributed by atoms with E-state index in [1.165, 1.54) is 0 Å².